The van der Waals surface area contributed by atoms with E-state index in [0.29, 0.717) is 22.8 Å². The van der Waals surface area contributed by atoms with Crippen LogP contribution in [0.2, 0.25) is 0 Å². The van der Waals surface area contributed by atoms with Crippen molar-refractivity contribution < 1.29 is 23.5 Å². The second-order valence-electron chi connectivity index (χ2n) is 6.89. The van der Waals surface area contributed by atoms with Crippen LogP contribution in [0.25, 0.3) is 0 Å². The number of nitrogen functional groups attached to an aromatic ring is 1. The van der Waals surface area contributed by atoms with Gasteiger partial charge in [0.15, 0.2) is 5.69 Å². The zero-order valence-electron chi connectivity index (χ0n) is 17.7. The molecule has 2 aromatic carbocycles. The van der Waals surface area contributed by atoms with E-state index in [4.69, 9.17) is 16.2 Å². The Morgan fingerprint density at radius 3 is 2.39 bits per heavy atom. The number of hydrogen-bond donors (Lipinski definition) is 3. The smallest absolute Gasteiger partial charge is 0.273 e. The molecule has 0 aliphatic rings. The number of amides is 3. The highest BCUT2D eigenvalue weighted by Gasteiger charge is 2.35. The van der Waals surface area contributed by atoms with Gasteiger partial charge in [-0.3, -0.25) is 19.3 Å². The molecule has 33 heavy (non-hydrogen) atoms. The number of nitrogens with one attached hydrogen (secondary N) is 1. The number of nitrogens with zero attached hydrogens (tertiary/aromatic N) is 2. The number of benzene rings is 2. The molecule has 1 heterocycles. The van der Waals surface area contributed by atoms with Gasteiger partial charge in [0.25, 0.3) is 11.8 Å². The van der Waals surface area contributed by atoms with Gasteiger partial charge in [-0.15, -0.1) is 0 Å². The first-order valence-corrected chi connectivity index (χ1v) is 10.6. The summed E-state index contributed by atoms with van der Waals surface area (Å²) in [5, 5.41) is 2.72. The van der Waals surface area contributed by atoms with E-state index in [0.717, 1.165) is 0 Å². The number of carbonyl (C=O) groups excluding carboxylic acids is 3. The molecular formula is C22H22FN5O4S. The highest BCUT2D eigenvalue weighted by Crippen LogP contribution is 2.33. The Morgan fingerprint density at radius 2 is 1.82 bits per heavy atom. The second kappa shape index (κ2) is 10.7. The molecule has 1 aromatic heterocycles. The van der Waals surface area contributed by atoms with Crippen LogP contribution in [-0.2, 0) is 9.53 Å². The number of anilines is 2. The topological polar surface area (TPSA) is 141 Å². The van der Waals surface area contributed by atoms with Gasteiger partial charge in [-0.2, -0.15) is 4.37 Å². The van der Waals surface area contributed by atoms with Gasteiger partial charge < -0.3 is 21.5 Å². The fraction of sp³-hybridized carbons (Fsp3) is 0.182. The number of ether oxygens (including phenoxy) is 1. The fourth-order valence-corrected chi connectivity index (χ4v) is 3.89. The Bertz CT molecular complexity index is 1140. The lowest BCUT2D eigenvalue weighted by Gasteiger charge is -2.31. The van der Waals surface area contributed by atoms with Crippen LogP contribution in [-0.4, -0.2) is 42.4 Å². The number of nitrogens with two attached hydrogens (primary N) is 2. The van der Waals surface area contributed by atoms with E-state index in [-0.39, 0.29) is 29.4 Å². The molecular weight excluding hydrogens is 449 g/mol. The van der Waals surface area contributed by atoms with E-state index in [1.165, 1.54) is 36.3 Å². The van der Waals surface area contributed by atoms with E-state index in [9.17, 15) is 18.8 Å². The number of halogens is 1. The van der Waals surface area contributed by atoms with Gasteiger partial charge >= 0.3 is 0 Å². The summed E-state index contributed by atoms with van der Waals surface area (Å²) in [6.07, 6.45) is 0. The normalized spacial score (nSPS) is 11.6. The zero-order valence-corrected chi connectivity index (χ0v) is 18.5. The molecule has 0 radical (unpaired) electrons. The van der Waals surface area contributed by atoms with Crippen molar-refractivity contribution in [3.05, 3.63) is 76.5 Å². The average Bonchev–Trinajstić information content (AvgIpc) is 3.20. The maximum atomic E-state index is 13.7. The molecule has 0 aliphatic carbocycles. The van der Waals surface area contributed by atoms with Gasteiger partial charge in [-0.25, -0.2) is 4.39 Å². The molecule has 172 valence electrons. The van der Waals surface area contributed by atoms with Crippen LogP contribution in [0, 0.1) is 5.82 Å². The largest absolute Gasteiger partial charge is 0.395 e. The number of methoxy groups -OCH3 is 1. The molecule has 0 spiro atoms. The minimum absolute atomic E-state index is 0.0514. The second-order valence-corrected chi connectivity index (χ2v) is 7.66. The average molecular weight is 472 g/mol. The van der Waals surface area contributed by atoms with Crippen LogP contribution < -0.4 is 21.7 Å². The summed E-state index contributed by atoms with van der Waals surface area (Å²) in [6.45, 7) is 0.448. The molecule has 3 amide bonds. The number of aromatic nitrogens is 1. The monoisotopic (exact) mass is 471 g/mol. The third-order valence-electron chi connectivity index (χ3n) is 4.71. The SMILES string of the molecule is COCCNC(=O)[C@@H](c1ccc(F)cc1)N(C(=O)c1snc(C(N)=O)c1N)c1ccccc1. The van der Waals surface area contributed by atoms with E-state index < -0.39 is 29.6 Å². The van der Waals surface area contributed by atoms with Crippen molar-refractivity contribution in [2.75, 3.05) is 30.9 Å². The van der Waals surface area contributed by atoms with E-state index in [2.05, 4.69) is 9.69 Å². The summed E-state index contributed by atoms with van der Waals surface area (Å²) in [7, 11) is 1.49. The van der Waals surface area contributed by atoms with Crippen molar-refractivity contribution >= 4 is 40.6 Å². The van der Waals surface area contributed by atoms with Gasteiger partial charge in [-0.05, 0) is 41.4 Å². The van der Waals surface area contributed by atoms with E-state index in [1.807, 2.05) is 0 Å². The van der Waals surface area contributed by atoms with E-state index >= 15 is 0 Å². The van der Waals surface area contributed by atoms with Crippen molar-refractivity contribution in [3.8, 4) is 0 Å². The van der Waals surface area contributed by atoms with Gasteiger partial charge in [0.1, 0.15) is 16.7 Å². The van der Waals surface area contributed by atoms with Gasteiger partial charge in [0.2, 0.25) is 5.91 Å². The molecule has 5 N–H and O–H groups in total. The maximum absolute atomic E-state index is 13.7. The number of carbonyl (C=O) groups is 3. The Balaban J connectivity index is 2.14. The molecule has 0 saturated carbocycles. The van der Waals surface area contributed by atoms with Gasteiger partial charge in [-0.1, -0.05) is 30.3 Å². The molecule has 0 unspecified atom stereocenters. The predicted molar refractivity (Wildman–Crippen MR) is 122 cm³/mol. The standard InChI is InChI=1S/C22H22FN5O4S/c1-32-12-11-26-21(30)18(13-7-9-14(23)10-8-13)28(15-5-3-2-4-6-15)22(31)19-16(24)17(20(25)29)27-33-19/h2-10,18H,11-12,24H2,1H3,(H2,25,29)(H,26,30)/t18-/m1/s1. The highest BCUT2D eigenvalue weighted by atomic mass is 32.1. The summed E-state index contributed by atoms with van der Waals surface area (Å²) in [6, 6.07) is 12.5. The number of para-hydroxylation sites is 1. The van der Waals surface area contributed by atoms with Crippen molar-refractivity contribution in [1.29, 1.82) is 0 Å². The lowest BCUT2D eigenvalue weighted by Crippen LogP contribution is -2.44. The van der Waals surface area contributed by atoms with Crippen molar-refractivity contribution in [1.82, 2.24) is 9.69 Å². The minimum atomic E-state index is -1.18. The molecule has 0 aliphatic heterocycles. The van der Waals surface area contributed by atoms with Gasteiger partial charge in [0, 0.05) is 19.3 Å². The molecule has 3 rings (SSSR count). The fourth-order valence-electron chi connectivity index (χ4n) is 3.15. The number of hydrogen-bond acceptors (Lipinski definition) is 7. The molecule has 0 bridgehead atoms. The maximum Gasteiger partial charge on any atom is 0.273 e. The first-order chi connectivity index (χ1) is 15.8. The summed E-state index contributed by atoms with van der Waals surface area (Å²) in [4.78, 5) is 39.7. The van der Waals surface area contributed by atoms with Crippen LogP contribution in [0.5, 0.6) is 0 Å². The lowest BCUT2D eigenvalue weighted by molar-refractivity contribution is -0.122. The van der Waals surface area contributed by atoms with Crippen LogP contribution in [0.1, 0.15) is 31.8 Å². The molecule has 1 atom stereocenters. The summed E-state index contributed by atoms with van der Waals surface area (Å²) in [5.74, 6) is -2.55. The van der Waals surface area contributed by atoms with Crippen LogP contribution >= 0.6 is 11.5 Å². The Morgan fingerprint density at radius 1 is 1.15 bits per heavy atom. The molecule has 11 heteroatoms. The summed E-state index contributed by atoms with van der Waals surface area (Å²) < 4.78 is 22.5. The number of primary amides is 1. The highest BCUT2D eigenvalue weighted by molar-refractivity contribution is 7.09. The van der Waals surface area contributed by atoms with Gasteiger partial charge in [0.05, 0.1) is 12.3 Å². The summed E-state index contributed by atoms with van der Waals surface area (Å²) in [5.41, 5.74) is 11.6. The molecule has 0 saturated heterocycles. The predicted octanol–water partition coefficient (Wildman–Crippen LogP) is 2.11. The minimum Gasteiger partial charge on any atom is -0.395 e. The Hall–Kier alpha value is -3.83. The Labute approximate surface area is 193 Å². The third kappa shape index (κ3) is 5.33. The Kier molecular flexibility index (Phi) is 7.70. The number of rotatable bonds is 9. The quantitative estimate of drug-likeness (QED) is 0.408. The zero-order chi connectivity index (χ0) is 24.0. The van der Waals surface area contributed by atoms with Crippen LogP contribution in [0.15, 0.2) is 54.6 Å². The first kappa shape index (κ1) is 23.8. The van der Waals surface area contributed by atoms with Crippen LogP contribution in [0.3, 0.4) is 0 Å². The van der Waals surface area contributed by atoms with E-state index in [1.54, 1.807) is 30.3 Å². The first-order valence-electron chi connectivity index (χ1n) is 9.80. The molecule has 0 fully saturated rings. The van der Waals surface area contributed by atoms with Crippen molar-refractivity contribution in [3.63, 3.8) is 0 Å². The van der Waals surface area contributed by atoms with Crippen molar-refractivity contribution in [2.45, 2.75) is 6.04 Å². The molecule has 3 aromatic rings. The van der Waals surface area contributed by atoms with Crippen molar-refractivity contribution in [2.24, 2.45) is 5.73 Å². The third-order valence-corrected chi connectivity index (χ3v) is 5.56. The van der Waals surface area contributed by atoms with Crippen LogP contribution in [0.4, 0.5) is 15.8 Å². The molecule has 9 nitrogen and oxygen atoms in total. The summed E-state index contributed by atoms with van der Waals surface area (Å²) >= 11 is 0.705. The lowest BCUT2D eigenvalue weighted by atomic mass is 10.0.